The van der Waals surface area contributed by atoms with Crippen LogP contribution in [0.3, 0.4) is 0 Å². The second-order valence-electron chi connectivity index (χ2n) is 22.9. The summed E-state index contributed by atoms with van der Waals surface area (Å²) in [6.07, 6.45) is 4.55. The maximum absolute atomic E-state index is 14.7. The Hall–Kier alpha value is -0.238. The molecule has 7 heterocycles. The first-order valence-electron chi connectivity index (χ1n) is 28.2. The van der Waals surface area contributed by atoms with Crippen LogP contribution in [-0.4, -0.2) is 190 Å². The average molecular weight is 1220 g/mol. The van der Waals surface area contributed by atoms with Crippen molar-refractivity contribution in [3.8, 4) is 0 Å². The fourth-order valence-corrected chi connectivity index (χ4v) is 48.7. The van der Waals surface area contributed by atoms with E-state index < -0.39 is 95.6 Å². The SMILES string of the molecule is C[SiH]1CCO[Si](C)(CCCOCC2CO2)O[Si](C)(CCCn2c(=O)n(CCC[Si]3(C)O[SiH](C)OCC[Si](C)(CCCOCC4CO4)O3)c(=O)n(CCC[Si]3(C)O[SiH](C)CCO[Si](C)(CCCOCC4CO4)O3)c2=O)O1. The van der Waals surface area contributed by atoms with Crippen molar-refractivity contribution in [3.63, 3.8) is 0 Å². The van der Waals surface area contributed by atoms with E-state index in [1.807, 2.05) is 6.55 Å². The third-order valence-electron chi connectivity index (χ3n) is 14.9. The van der Waals surface area contributed by atoms with Crippen molar-refractivity contribution < 1.29 is 66.4 Å². The average Bonchev–Trinajstić information content (AvgIpc) is 4.16. The molecule has 30 heteroatoms. The number of aromatic nitrogens is 3. The van der Waals surface area contributed by atoms with Crippen LogP contribution >= 0.6 is 0 Å². The Kier molecular flexibility index (Phi) is 23.8. The van der Waals surface area contributed by atoms with Crippen molar-refractivity contribution in [2.75, 3.05) is 79.3 Å². The summed E-state index contributed by atoms with van der Waals surface area (Å²) in [5, 5.41) is 0. The zero-order valence-electron chi connectivity index (χ0n) is 46.9. The Morgan fingerprint density at radius 3 is 1.23 bits per heavy atom. The molecule has 0 bridgehead atoms. The highest BCUT2D eigenvalue weighted by molar-refractivity contribution is 6.86. The third-order valence-corrected chi connectivity index (χ3v) is 49.4. The van der Waals surface area contributed by atoms with Gasteiger partial charge >= 0.3 is 69.2 Å². The standard InChI is InChI=1S/C45H93N3O18Si9/c1-67-25-22-59-71(5,31-14-20-53-35-41-38-56-41)65-73(7,61-67)28-10-16-46-43(49)47(17-11-29-74(8)62-68(2)26-23-60-72(6,66-74)32-15-21-54-36-42-39-57-42)45(51)48(44(46)50)18-12-30-75(9)63-69(3)58-24-33-70(4,64-75)27-13-19-52-34-40-37-55-40/h40-42,67-69H,10-39H2,1-9H3. The first-order valence-corrected chi connectivity index (χ1v) is 50.7. The van der Waals surface area contributed by atoms with E-state index in [-0.39, 0.29) is 37.9 Å². The van der Waals surface area contributed by atoms with Gasteiger partial charge in [-0.1, -0.05) is 0 Å². The number of ether oxygens (including phenoxy) is 6. The van der Waals surface area contributed by atoms with E-state index in [0.717, 1.165) is 75.3 Å². The van der Waals surface area contributed by atoms with E-state index in [1.165, 1.54) is 13.7 Å². The third kappa shape index (κ3) is 20.9. The first-order chi connectivity index (χ1) is 35.7. The summed E-state index contributed by atoms with van der Waals surface area (Å²) in [5.74, 6) is 0. The molecule has 7 rings (SSSR count). The van der Waals surface area contributed by atoms with E-state index in [4.69, 9.17) is 66.4 Å². The van der Waals surface area contributed by atoms with Crippen LogP contribution in [0.5, 0.6) is 0 Å². The predicted molar refractivity (Wildman–Crippen MR) is 305 cm³/mol. The quantitative estimate of drug-likeness (QED) is 0.0591. The lowest BCUT2D eigenvalue weighted by Crippen LogP contribution is -2.57. The molecule has 0 saturated carbocycles. The van der Waals surface area contributed by atoms with Crippen LogP contribution in [0.25, 0.3) is 0 Å². The molecule has 0 N–H and O–H groups in total. The number of epoxide rings is 3. The fraction of sp³-hybridized carbons (Fsp3) is 0.933. The van der Waals surface area contributed by atoms with Gasteiger partial charge in [-0.3, -0.25) is 0 Å². The summed E-state index contributed by atoms with van der Waals surface area (Å²) >= 11 is 0. The molecule has 0 radical (unpaired) electrons. The van der Waals surface area contributed by atoms with Gasteiger partial charge in [0, 0.05) is 59.3 Å². The highest BCUT2D eigenvalue weighted by Gasteiger charge is 2.48. The van der Waals surface area contributed by atoms with Gasteiger partial charge in [0.25, 0.3) is 0 Å². The largest absolute Gasteiger partial charge is 0.439 e. The summed E-state index contributed by atoms with van der Waals surface area (Å²) < 4.78 is 98.4. The molecule has 6 aliphatic heterocycles. The van der Waals surface area contributed by atoms with Crippen LogP contribution in [-0.2, 0) is 86.0 Å². The molecule has 6 fully saturated rings. The van der Waals surface area contributed by atoms with E-state index in [9.17, 15) is 14.4 Å². The lowest BCUT2D eigenvalue weighted by Gasteiger charge is -2.41. The van der Waals surface area contributed by atoms with Crippen LogP contribution < -0.4 is 17.1 Å². The number of nitrogens with zero attached hydrogens (tertiary/aromatic N) is 3. The highest BCUT2D eigenvalue weighted by atomic mass is 28.5. The van der Waals surface area contributed by atoms with Crippen LogP contribution in [0.1, 0.15) is 38.5 Å². The summed E-state index contributed by atoms with van der Waals surface area (Å²) in [6.45, 7) is 27.4. The number of hydrogen-bond acceptors (Lipinski definition) is 18. The van der Waals surface area contributed by atoms with Gasteiger partial charge in [-0.25, -0.2) is 28.1 Å². The maximum atomic E-state index is 14.7. The van der Waals surface area contributed by atoms with Crippen molar-refractivity contribution in [3.05, 3.63) is 31.5 Å². The molecular weight excluding hydrogens is 1120 g/mol. The van der Waals surface area contributed by atoms with Crippen molar-refractivity contribution in [1.82, 2.24) is 13.7 Å². The second kappa shape index (κ2) is 28.6. The van der Waals surface area contributed by atoms with Crippen molar-refractivity contribution in [2.45, 2.75) is 190 Å². The van der Waals surface area contributed by atoms with Crippen molar-refractivity contribution in [2.24, 2.45) is 0 Å². The van der Waals surface area contributed by atoms with Gasteiger partial charge in [-0.2, -0.15) is 0 Å². The van der Waals surface area contributed by atoms with E-state index in [2.05, 4.69) is 52.4 Å². The smallest absolute Gasteiger partial charge is 0.336 e. The van der Waals surface area contributed by atoms with E-state index in [0.29, 0.717) is 96.9 Å². The molecule has 1 aromatic heterocycles. The Morgan fingerprint density at radius 1 is 0.480 bits per heavy atom. The summed E-state index contributed by atoms with van der Waals surface area (Å²) in [7, 11) is -21.3. The minimum absolute atomic E-state index is 0.111. The summed E-state index contributed by atoms with van der Waals surface area (Å²) in [5.41, 5.74) is -1.82. The van der Waals surface area contributed by atoms with Crippen molar-refractivity contribution in [1.29, 1.82) is 0 Å². The Labute approximate surface area is 456 Å². The molecular formula is C45H93N3O18Si9. The van der Waals surface area contributed by atoms with Crippen molar-refractivity contribution >= 4 is 78.5 Å². The molecule has 75 heavy (non-hydrogen) atoms. The minimum Gasteiger partial charge on any atom is -0.439 e. The van der Waals surface area contributed by atoms with Gasteiger partial charge in [0.1, 0.15) is 18.3 Å². The predicted octanol–water partition coefficient (Wildman–Crippen LogP) is 4.44. The lowest BCUT2D eigenvalue weighted by molar-refractivity contribution is 0.114. The van der Waals surface area contributed by atoms with E-state index in [1.54, 1.807) is 0 Å². The molecule has 6 aliphatic rings. The van der Waals surface area contributed by atoms with Gasteiger partial charge in [-0.05, 0) is 152 Å². The van der Waals surface area contributed by atoms with Crippen LogP contribution in [0.4, 0.5) is 0 Å². The zero-order valence-corrected chi connectivity index (χ0v) is 56.3. The van der Waals surface area contributed by atoms with Gasteiger partial charge in [0.2, 0.25) is 0 Å². The zero-order chi connectivity index (χ0) is 53.7. The second-order valence-corrected chi connectivity index (χ2v) is 52.3. The molecule has 0 aliphatic carbocycles. The molecule has 0 aromatic carbocycles. The highest BCUT2D eigenvalue weighted by Crippen LogP contribution is 2.33. The molecule has 12 atom stereocenters. The molecule has 432 valence electrons. The number of hydrogen-bond donors (Lipinski definition) is 0. The topological polar surface area (TPSA) is 214 Å². The Bertz CT molecular complexity index is 1870. The summed E-state index contributed by atoms with van der Waals surface area (Å²) in [4.78, 5) is 44.0. The molecule has 6 saturated heterocycles. The van der Waals surface area contributed by atoms with Crippen LogP contribution in [0, 0.1) is 0 Å². The maximum Gasteiger partial charge on any atom is 0.336 e. The van der Waals surface area contributed by atoms with Gasteiger partial charge in [0.05, 0.1) is 39.6 Å². The Morgan fingerprint density at radius 2 is 0.840 bits per heavy atom. The molecule has 21 nitrogen and oxygen atoms in total. The lowest BCUT2D eigenvalue weighted by atomic mass is 10.4. The molecule has 0 spiro atoms. The van der Waals surface area contributed by atoms with Gasteiger partial charge < -0.3 is 66.4 Å². The Balaban J connectivity index is 1.06. The van der Waals surface area contributed by atoms with Crippen LogP contribution in [0.15, 0.2) is 14.4 Å². The van der Waals surface area contributed by atoms with Gasteiger partial charge in [-0.15, -0.1) is 0 Å². The minimum atomic E-state index is -2.83. The fourth-order valence-electron chi connectivity index (χ4n) is 10.7. The molecule has 12 unspecified atom stereocenters. The van der Waals surface area contributed by atoms with Gasteiger partial charge in [0.15, 0.2) is 26.4 Å². The monoisotopic (exact) mass is 1220 g/mol. The first kappa shape index (κ1) is 62.4. The summed E-state index contributed by atoms with van der Waals surface area (Å²) in [6, 6.07) is 6.79. The molecule has 0 amide bonds. The van der Waals surface area contributed by atoms with Crippen LogP contribution in [0.2, 0.25) is 113 Å². The van der Waals surface area contributed by atoms with E-state index >= 15 is 0 Å². The molecule has 1 aromatic rings. The number of rotatable bonds is 30. The normalized spacial score (nSPS) is 36.4.